The molecule has 6 nitrogen and oxygen atoms in total. The van der Waals surface area contributed by atoms with E-state index in [0.29, 0.717) is 18.3 Å². The number of nitro groups is 1. The zero-order valence-electron chi connectivity index (χ0n) is 10.1. The van der Waals surface area contributed by atoms with Crippen molar-refractivity contribution in [2.75, 3.05) is 5.32 Å². The van der Waals surface area contributed by atoms with E-state index in [0.717, 1.165) is 5.69 Å². The summed E-state index contributed by atoms with van der Waals surface area (Å²) in [7, 11) is 0. The van der Waals surface area contributed by atoms with Gasteiger partial charge >= 0.3 is 0 Å². The first-order chi connectivity index (χ1) is 9.22. The first-order valence-electron chi connectivity index (χ1n) is 6.01. The summed E-state index contributed by atoms with van der Waals surface area (Å²) in [5.41, 5.74) is 0.988. The molecule has 0 bridgehead atoms. The highest BCUT2D eigenvalue weighted by Gasteiger charge is 2.26. The van der Waals surface area contributed by atoms with Crippen LogP contribution in [0, 0.1) is 10.1 Å². The molecule has 1 N–H and O–H groups in total. The van der Waals surface area contributed by atoms with E-state index in [9.17, 15) is 10.1 Å². The lowest BCUT2D eigenvalue weighted by Gasteiger charge is -2.02. The molecule has 1 saturated carbocycles. The lowest BCUT2D eigenvalue weighted by molar-refractivity contribution is -0.385. The van der Waals surface area contributed by atoms with E-state index in [1.54, 1.807) is 17.4 Å². The van der Waals surface area contributed by atoms with E-state index < -0.39 is 4.92 Å². The zero-order valence-corrected chi connectivity index (χ0v) is 10.9. The van der Waals surface area contributed by atoms with Crippen LogP contribution in [0.4, 0.5) is 11.5 Å². The molecule has 1 fully saturated rings. The second-order valence-corrected chi connectivity index (χ2v) is 5.35. The van der Waals surface area contributed by atoms with Gasteiger partial charge in [0.15, 0.2) is 0 Å². The summed E-state index contributed by atoms with van der Waals surface area (Å²) in [6.07, 6.45) is 3.76. The molecule has 0 amide bonds. The molecule has 0 atom stereocenters. The van der Waals surface area contributed by atoms with E-state index in [4.69, 9.17) is 0 Å². The van der Waals surface area contributed by atoms with Crippen molar-refractivity contribution in [3.8, 4) is 0 Å². The van der Waals surface area contributed by atoms with Gasteiger partial charge in [-0.1, -0.05) is 0 Å². The van der Waals surface area contributed by atoms with Crippen molar-refractivity contribution in [1.29, 1.82) is 0 Å². The van der Waals surface area contributed by atoms with Crippen LogP contribution in [0.1, 0.15) is 29.5 Å². The maximum Gasteiger partial charge on any atom is 0.287 e. The van der Waals surface area contributed by atoms with Gasteiger partial charge in [-0.25, -0.2) is 9.97 Å². The zero-order chi connectivity index (χ0) is 13.2. The minimum absolute atomic E-state index is 0.00442. The highest BCUT2D eigenvalue weighted by molar-refractivity contribution is 7.09. The Bertz CT molecular complexity index is 592. The smallest absolute Gasteiger partial charge is 0.287 e. The van der Waals surface area contributed by atoms with E-state index in [2.05, 4.69) is 15.3 Å². The fraction of sp³-hybridized carbons (Fsp3) is 0.333. The van der Waals surface area contributed by atoms with Crippen LogP contribution in [0.5, 0.6) is 0 Å². The maximum absolute atomic E-state index is 10.5. The van der Waals surface area contributed by atoms with Gasteiger partial charge in [0.2, 0.25) is 0 Å². The lowest BCUT2D eigenvalue weighted by Crippen LogP contribution is -2.02. The van der Waals surface area contributed by atoms with Gasteiger partial charge in [-0.15, -0.1) is 11.3 Å². The van der Waals surface area contributed by atoms with Crippen molar-refractivity contribution in [1.82, 2.24) is 9.97 Å². The second kappa shape index (κ2) is 4.93. The number of hydrogen-bond donors (Lipinski definition) is 1. The van der Waals surface area contributed by atoms with Crippen LogP contribution in [0.2, 0.25) is 0 Å². The number of aromatic nitrogens is 2. The molecule has 0 aromatic carbocycles. The van der Waals surface area contributed by atoms with E-state index in [-0.39, 0.29) is 5.69 Å². The van der Waals surface area contributed by atoms with E-state index >= 15 is 0 Å². The summed E-state index contributed by atoms with van der Waals surface area (Å²) in [5.74, 6) is 1.29. The highest BCUT2D eigenvalue weighted by Crippen LogP contribution is 2.41. The Morgan fingerprint density at radius 3 is 2.95 bits per heavy atom. The number of nitrogens with zero attached hydrogens (tertiary/aromatic N) is 3. The maximum atomic E-state index is 10.5. The predicted octanol–water partition coefficient (Wildman–Crippen LogP) is 2.94. The summed E-state index contributed by atoms with van der Waals surface area (Å²) in [6, 6.07) is 3.04. The molecule has 19 heavy (non-hydrogen) atoms. The lowest BCUT2D eigenvalue weighted by atomic mass is 10.4. The molecular formula is C12H12N4O2S. The van der Waals surface area contributed by atoms with Gasteiger partial charge in [0.05, 0.1) is 22.2 Å². The van der Waals surface area contributed by atoms with Crippen LogP contribution in [-0.2, 0) is 6.54 Å². The molecule has 3 rings (SSSR count). The van der Waals surface area contributed by atoms with E-state index in [1.807, 2.05) is 5.38 Å². The summed E-state index contributed by atoms with van der Waals surface area (Å²) in [6.45, 7) is 0.591. The minimum atomic E-state index is -0.459. The molecule has 0 aliphatic heterocycles. The Kier molecular flexibility index (Phi) is 3.12. The van der Waals surface area contributed by atoms with Gasteiger partial charge in [-0.3, -0.25) is 10.1 Å². The fourth-order valence-electron chi connectivity index (χ4n) is 1.70. The van der Waals surface area contributed by atoms with Gasteiger partial charge in [0.1, 0.15) is 12.0 Å². The summed E-state index contributed by atoms with van der Waals surface area (Å²) < 4.78 is 0. The first kappa shape index (κ1) is 12.0. The quantitative estimate of drug-likeness (QED) is 0.670. The van der Waals surface area contributed by atoms with Crippen molar-refractivity contribution < 1.29 is 4.92 Å². The molecular weight excluding hydrogens is 264 g/mol. The summed E-state index contributed by atoms with van der Waals surface area (Å²) >= 11 is 1.70. The Morgan fingerprint density at radius 2 is 2.32 bits per heavy atom. The van der Waals surface area contributed by atoms with Crippen LogP contribution in [0.25, 0.3) is 0 Å². The van der Waals surface area contributed by atoms with Crippen molar-refractivity contribution in [3.05, 3.63) is 44.5 Å². The fourth-order valence-corrected chi connectivity index (χ4v) is 2.69. The van der Waals surface area contributed by atoms with Crippen LogP contribution in [-0.4, -0.2) is 14.9 Å². The van der Waals surface area contributed by atoms with Gasteiger partial charge in [0.25, 0.3) is 5.69 Å². The molecule has 2 aromatic rings. The number of nitrogens with one attached hydrogen (secondary N) is 1. The predicted molar refractivity (Wildman–Crippen MR) is 72.3 cm³/mol. The third-order valence-electron chi connectivity index (χ3n) is 2.91. The molecule has 98 valence electrons. The molecule has 7 heteroatoms. The van der Waals surface area contributed by atoms with Gasteiger partial charge in [0, 0.05) is 17.4 Å². The second-order valence-electron chi connectivity index (χ2n) is 4.46. The Hall–Kier alpha value is -2.02. The summed E-state index contributed by atoms with van der Waals surface area (Å²) in [5, 5.41) is 16.9. The molecule has 1 aliphatic rings. The third-order valence-corrected chi connectivity index (χ3v) is 3.96. The SMILES string of the molecule is O=[N+]([O-])c1ccc(NCc2csc(C3CC3)n2)nc1. The normalized spacial score (nSPS) is 14.3. The van der Waals surface area contributed by atoms with Crippen molar-refractivity contribution >= 4 is 22.8 Å². The van der Waals surface area contributed by atoms with Gasteiger partial charge < -0.3 is 5.32 Å². The number of anilines is 1. The number of thiazole rings is 1. The first-order valence-corrected chi connectivity index (χ1v) is 6.89. The molecule has 0 unspecified atom stereocenters. The average Bonchev–Trinajstić information content (AvgIpc) is 3.16. The third kappa shape index (κ3) is 2.87. The van der Waals surface area contributed by atoms with Crippen LogP contribution in [0.3, 0.4) is 0 Å². The average molecular weight is 276 g/mol. The monoisotopic (exact) mass is 276 g/mol. The van der Waals surface area contributed by atoms with Crippen molar-refractivity contribution in [2.24, 2.45) is 0 Å². The van der Waals surface area contributed by atoms with E-state index in [1.165, 1.54) is 30.1 Å². The standard InChI is InChI=1S/C12H12N4O2S/c17-16(18)10-3-4-11(14-6-10)13-5-9-7-19-12(15-9)8-1-2-8/h3-4,6-8H,1-2,5H2,(H,13,14). The molecule has 0 radical (unpaired) electrons. The minimum Gasteiger partial charge on any atom is -0.364 e. The Morgan fingerprint density at radius 1 is 1.47 bits per heavy atom. The molecule has 1 aliphatic carbocycles. The van der Waals surface area contributed by atoms with Crippen LogP contribution < -0.4 is 5.32 Å². The molecule has 2 heterocycles. The van der Waals surface area contributed by atoms with Crippen LogP contribution >= 0.6 is 11.3 Å². The van der Waals surface area contributed by atoms with Crippen LogP contribution in [0.15, 0.2) is 23.7 Å². The topological polar surface area (TPSA) is 81.0 Å². The highest BCUT2D eigenvalue weighted by atomic mass is 32.1. The Balaban J connectivity index is 1.59. The number of hydrogen-bond acceptors (Lipinski definition) is 6. The van der Waals surface area contributed by atoms with Crippen molar-refractivity contribution in [2.45, 2.75) is 25.3 Å². The molecule has 0 saturated heterocycles. The van der Waals surface area contributed by atoms with Gasteiger partial charge in [-0.2, -0.15) is 0 Å². The van der Waals surface area contributed by atoms with Gasteiger partial charge in [-0.05, 0) is 18.9 Å². The number of rotatable bonds is 5. The largest absolute Gasteiger partial charge is 0.364 e. The summed E-state index contributed by atoms with van der Waals surface area (Å²) in [4.78, 5) is 18.6. The molecule has 0 spiro atoms. The molecule has 2 aromatic heterocycles. The van der Waals surface area contributed by atoms with Crippen molar-refractivity contribution in [3.63, 3.8) is 0 Å². The Labute approximate surface area is 113 Å². The number of pyridine rings is 1.